The number of carbonyl (C=O) groups excluding carboxylic acids is 2. The van der Waals surface area contributed by atoms with Gasteiger partial charge in [-0.05, 0) is 41.2 Å². The number of pyridine rings is 1. The lowest BCUT2D eigenvalue weighted by atomic mass is 9.86. The predicted octanol–water partition coefficient (Wildman–Crippen LogP) is 4.50. The number of piperazine rings is 1. The molecular weight excluding hydrogens is 457 g/mol. The summed E-state index contributed by atoms with van der Waals surface area (Å²) in [6.45, 7) is 11.7. The molecule has 1 unspecified atom stereocenters. The number of halogens is 3. The van der Waals surface area contributed by atoms with Crippen LogP contribution in [0.3, 0.4) is 0 Å². The Hall–Kier alpha value is -3.10. The largest absolute Gasteiger partial charge is 0.417 e. The van der Waals surface area contributed by atoms with Crippen LogP contribution in [0.2, 0.25) is 0 Å². The zero-order chi connectivity index (χ0) is 26.0. The van der Waals surface area contributed by atoms with E-state index in [2.05, 4.69) is 31.1 Å². The van der Waals surface area contributed by atoms with Gasteiger partial charge in [0.05, 0.1) is 5.56 Å². The number of hydrogen-bond donors (Lipinski definition) is 1. The summed E-state index contributed by atoms with van der Waals surface area (Å²) < 4.78 is 38.3. The van der Waals surface area contributed by atoms with Crippen molar-refractivity contribution in [3.05, 3.63) is 59.3 Å². The zero-order valence-electron chi connectivity index (χ0n) is 20.8. The van der Waals surface area contributed by atoms with Crippen molar-refractivity contribution in [2.24, 2.45) is 5.92 Å². The van der Waals surface area contributed by atoms with Crippen molar-refractivity contribution in [1.29, 1.82) is 0 Å². The number of nitrogens with one attached hydrogen (secondary N) is 1. The van der Waals surface area contributed by atoms with Crippen molar-refractivity contribution in [3.63, 3.8) is 0 Å². The van der Waals surface area contributed by atoms with Gasteiger partial charge in [0, 0.05) is 37.9 Å². The lowest BCUT2D eigenvalue weighted by Crippen LogP contribution is -2.56. The Kier molecular flexibility index (Phi) is 7.77. The fourth-order valence-corrected chi connectivity index (χ4v) is 3.95. The van der Waals surface area contributed by atoms with E-state index in [1.165, 1.54) is 6.07 Å². The standard InChI is InChI=1S/C26H33F3N4O2/c1-17(2)22(31-23(34)18-6-8-19(9-7-18)25(3,4)5)24(35)33-14-12-32(13-15-33)21-11-10-20(16-30-21)26(27,28)29/h6-11,16-17,22H,12-15H2,1-5H3,(H,31,34). The van der Waals surface area contributed by atoms with Gasteiger partial charge < -0.3 is 15.1 Å². The molecule has 2 amide bonds. The van der Waals surface area contributed by atoms with Gasteiger partial charge in [0.15, 0.2) is 0 Å². The van der Waals surface area contributed by atoms with Gasteiger partial charge in [0.2, 0.25) is 5.91 Å². The highest BCUT2D eigenvalue weighted by atomic mass is 19.4. The van der Waals surface area contributed by atoms with Gasteiger partial charge in [-0.2, -0.15) is 13.2 Å². The molecule has 1 aliphatic rings. The molecular formula is C26H33F3N4O2. The summed E-state index contributed by atoms with van der Waals surface area (Å²) in [4.78, 5) is 33.6. The lowest BCUT2D eigenvalue weighted by Gasteiger charge is -2.37. The second-order valence-electron chi connectivity index (χ2n) is 10.2. The molecule has 1 saturated heterocycles. The van der Waals surface area contributed by atoms with Crippen molar-refractivity contribution in [2.45, 2.75) is 52.3 Å². The molecule has 0 spiro atoms. The molecule has 0 radical (unpaired) electrons. The van der Waals surface area contributed by atoms with Crippen LogP contribution in [-0.4, -0.2) is 53.9 Å². The van der Waals surface area contributed by atoms with Crippen LogP contribution in [0.5, 0.6) is 0 Å². The SMILES string of the molecule is CC(C)C(NC(=O)c1ccc(C(C)(C)C)cc1)C(=O)N1CCN(c2ccc(C(F)(F)F)cn2)CC1. The van der Waals surface area contributed by atoms with E-state index in [4.69, 9.17) is 0 Å². The smallest absolute Gasteiger partial charge is 0.353 e. The normalized spacial score (nSPS) is 15.8. The molecule has 35 heavy (non-hydrogen) atoms. The van der Waals surface area contributed by atoms with E-state index in [1.807, 2.05) is 30.9 Å². The molecule has 9 heteroatoms. The number of hydrogen-bond acceptors (Lipinski definition) is 4. The zero-order valence-corrected chi connectivity index (χ0v) is 20.8. The van der Waals surface area contributed by atoms with E-state index in [1.54, 1.807) is 17.0 Å². The monoisotopic (exact) mass is 490 g/mol. The second kappa shape index (κ2) is 10.3. The quantitative estimate of drug-likeness (QED) is 0.670. The van der Waals surface area contributed by atoms with Crippen molar-refractivity contribution >= 4 is 17.6 Å². The topological polar surface area (TPSA) is 65.5 Å². The lowest BCUT2D eigenvalue weighted by molar-refractivity contribution is -0.138. The van der Waals surface area contributed by atoms with Crippen LogP contribution in [0, 0.1) is 5.92 Å². The maximum absolute atomic E-state index is 13.2. The summed E-state index contributed by atoms with van der Waals surface area (Å²) in [5, 5.41) is 2.89. The van der Waals surface area contributed by atoms with Gasteiger partial charge >= 0.3 is 6.18 Å². The fraction of sp³-hybridized carbons (Fsp3) is 0.500. The predicted molar refractivity (Wildman–Crippen MR) is 129 cm³/mol. The van der Waals surface area contributed by atoms with Crippen LogP contribution in [0.1, 0.15) is 56.1 Å². The average molecular weight is 491 g/mol. The minimum absolute atomic E-state index is 0.0243. The van der Waals surface area contributed by atoms with Crippen LogP contribution in [0.4, 0.5) is 19.0 Å². The molecule has 2 heterocycles. The third-order valence-electron chi connectivity index (χ3n) is 6.22. The summed E-state index contributed by atoms with van der Waals surface area (Å²) in [5.74, 6) is -0.141. The molecule has 1 aromatic heterocycles. The Balaban J connectivity index is 1.61. The maximum atomic E-state index is 13.2. The minimum Gasteiger partial charge on any atom is -0.353 e. The van der Waals surface area contributed by atoms with Gasteiger partial charge in [-0.15, -0.1) is 0 Å². The molecule has 3 rings (SSSR count). The Morgan fingerprint density at radius 3 is 1.94 bits per heavy atom. The number of nitrogens with zero attached hydrogens (tertiary/aromatic N) is 3. The van der Waals surface area contributed by atoms with Gasteiger partial charge in [-0.1, -0.05) is 46.8 Å². The second-order valence-corrected chi connectivity index (χ2v) is 10.2. The van der Waals surface area contributed by atoms with Crippen LogP contribution in [0.25, 0.3) is 0 Å². The molecule has 0 saturated carbocycles. The van der Waals surface area contributed by atoms with Crippen LogP contribution >= 0.6 is 0 Å². The Morgan fingerprint density at radius 2 is 1.49 bits per heavy atom. The summed E-state index contributed by atoms with van der Waals surface area (Å²) in [6.07, 6.45) is -3.60. The molecule has 1 atom stereocenters. The van der Waals surface area contributed by atoms with Gasteiger partial charge in [0.25, 0.3) is 5.91 Å². The molecule has 2 aromatic rings. The highest BCUT2D eigenvalue weighted by Gasteiger charge is 2.33. The average Bonchev–Trinajstić information content (AvgIpc) is 2.81. The summed E-state index contributed by atoms with van der Waals surface area (Å²) in [6, 6.07) is 9.08. The van der Waals surface area contributed by atoms with E-state index >= 15 is 0 Å². The molecule has 6 nitrogen and oxygen atoms in total. The first kappa shape index (κ1) is 26.5. The maximum Gasteiger partial charge on any atom is 0.417 e. The molecule has 0 bridgehead atoms. The first-order chi connectivity index (χ1) is 16.3. The van der Waals surface area contributed by atoms with Gasteiger partial charge in [-0.25, -0.2) is 4.98 Å². The number of amides is 2. The van der Waals surface area contributed by atoms with E-state index < -0.39 is 17.8 Å². The third-order valence-corrected chi connectivity index (χ3v) is 6.22. The molecule has 1 aliphatic heterocycles. The van der Waals surface area contributed by atoms with Crippen LogP contribution < -0.4 is 10.2 Å². The Bertz CT molecular complexity index is 1020. The summed E-state index contributed by atoms with van der Waals surface area (Å²) in [5.41, 5.74) is 0.794. The number of aromatic nitrogens is 1. The number of rotatable bonds is 5. The minimum atomic E-state index is -4.43. The van der Waals surface area contributed by atoms with E-state index in [-0.39, 0.29) is 23.1 Å². The molecule has 1 fully saturated rings. The highest BCUT2D eigenvalue weighted by molar-refractivity contribution is 5.97. The first-order valence-corrected chi connectivity index (χ1v) is 11.8. The van der Waals surface area contributed by atoms with Gasteiger partial charge in [0.1, 0.15) is 11.9 Å². The molecule has 190 valence electrons. The third kappa shape index (κ3) is 6.52. The van der Waals surface area contributed by atoms with Crippen LogP contribution in [-0.2, 0) is 16.4 Å². The van der Waals surface area contributed by atoms with E-state index in [0.29, 0.717) is 37.6 Å². The van der Waals surface area contributed by atoms with E-state index in [9.17, 15) is 22.8 Å². The molecule has 0 aliphatic carbocycles. The molecule has 1 aromatic carbocycles. The number of anilines is 1. The number of carbonyl (C=O) groups is 2. The van der Waals surface area contributed by atoms with Crippen molar-refractivity contribution in [2.75, 3.05) is 31.1 Å². The van der Waals surface area contributed by atoms with Gasteiger partial charge in [-0.3, -0.25) is 9.59 Å². The summed E-state index contributed by atoms with van der Waals surface area (Å²) >= 11 is 0. The van der Waals surface area contributed by atoms with Crippen LogP contribution in [0.15, 0.2) is 42.6 Å². The number of alkyl halides is 3. The Morgan fingerprint density at radius 1 is 0.914 bits per heavy atom. The van der Waals surface area contributed by atoms with Crippen molar-refractivity contribution in [1.82, 2.24) is 15.2 Å². The molecule has 1 N–H and O–H groups in total. The van der Waals surface area contributed by atoms with Crippen molar-refractivity contribution in [3.8, 4) is 0 Å². The first-order valence-electron chi connectivity index (χ1n) is 11.8. The summed E-state index contributed by atoms with van der Waals surface area (Å²) in [7, 11) is 0. The fourth-order valence-electron chi connectivity index (χ4n) is 3.95. The Labute approximate surface area is 204 Å². The number of benzene rings is 1. The highest BCUT2D eigenvalue weighted by Crippen LogP contribution is 2.29. The van der Waals surface area contributed by atoms with Crippen molar-refractivity contribution < 1.29 is 22.8 Å². The van der Waals surface area contributed by atoms with E-state index in [0.717, 1.165) is 17.8 Å².